The monoisotopic (exact) mass is 436 g/mol. The number of benzene rings is 2. The minimum atomic E-state index is 0.403. The Bertz CT molecular complexity index is 1080. The third-order valence-corrected chi connectivity index (χ3v) is 8.07. The number of aryl methyl sites for hydroxylation is 1. The largest absolute Gasteiger partial charge is 0.381 e. The molecule has 31 heavy (non-hydrogen) atoms. The zero-order valence-corrected chi connectivity index (χ0v) is 18.5. The Balaban J connectivity index is 1.29. The van der Waals surface area contributed by atoms with Gasteiger partial charge in [0, 0.05) is 42.7 Å². The standard InChI is InChI=1S/C25H28N2O3S/c1-2-4-25-20(3-1)19(16-31-25)5-6-22-21-14-24-23(29-26-30-24)13-18(21)7-10-27(22)15-17-8-11-28-12-9-17/h1-4,13-14,16-17,22,26H,5-12,15H2. The minimum absolute atomic E-state index is 0.403. The number of thiophene rings is 1. The van der Waals surface area contributed by atoms with Gasteiger partial charge in [-0.25, -0.2) is 0 Å². The highest BCUT2D eigenvalue weighted by Crippen LogP contribution is 2.42. The maximum Gasteiger partial charge on any atom is 0.196 e. The van der Waals surface area contributed by atoms with Crippen molar-refractivity contribution in [3.05, 3.63) is 58.5 Å². The molecule has 0 bridgehead atoms. The highest BCUT2D eigenvalue weighted by Gasteiger charge is 2.32. The number of fused-ring (bicyclic) bond motifs is 3. The zero-order valence-electron chi connectivity index (χ0n) is 17.6. The van der Waals surface area contributed by atoms with E-state index in [9.17, 15) is 0 Å². The van der Waals surface area contributed by atoms with Gasteiger partial charge in [0.1, 0.15) is 0 Å². The molecule has 0 spiro atoms. The molecule has 1 atom stereocenters. The van der Waals surface area contributed by atoms with Crippen molar-refractivity contribution in [3.63, 3.8) is 0 Å². The van der Waals surface area contributed by atoms with Crippen molar-refractivity contribution in [1.82, 2.24) is 10.5 Å². The number of hydrogen-bond donors (Lipinski definition) is 1. The van der Waals surface area contributed by atoms with Crippen LogP contribution in [0.2, 0.25) is 0 Å². The SMILES string of the molecule is c1ccc2c(CCC3c4cc5c(cc4CCN3CC3CCOCC3)ONO5)csc2c1. The third kappa shape index (κ3) is 3.82. The normalized spacial score (nSPS) is 21.5. The molecule has 1 saturated heterocycles. The van der Waals surface area contributed by atoms with E-state index in [1.165, 1.54) is 39.6 Å². The van der Waals surface area contributed by atoms with Crippen LogP contribution in [0.25, 0.3) is 10.1 Å². The fourth-order valence-corrected chi connectivity index (χ4v) is 6.36. The maximum atomic E-state index is 5.60. The molecule has 0 radical (unpaired) electrons. The highest BCUT2D eigenvalue weighted by molar-refractivity contribution is 7.17. The Morgan fingerprint density at radius 1 is 1.06 bits per heavy atom. The maximum absolute atomic E-state index is 5.60. The first-order valence-electron chi connectivity index (χ1n) is 11.4. The molecule has 1 fully saturated rings. The lowest BCUT2D eigenvalue weighted by atomic mass is 9.87. The summed E-state index contributed by atoms with van der Waals surface area (Å²) in [6.45, 7) is 4.08. The van der Waals surface area contributed by atoms with Crippen LogP contribution < -0.4 is 15.3 Å². The molecule has 3 aromatic rings. The van der Waals surface area contributed by atoms with E-state index in [2.05, 4.69) is 52.3 Å². The number of rotatable bonds is 5. The van der Waals surface area contributed by atoms with Crippen molar-refractivity contribution in [1.29, 1.82) is 0 Å². The summed E-state index contributed by atoms with van der Waals surface area (Å²) >= 11 is 1.86. The molecule has 3 aliphatic rings. The van der Waals surface area contributed by atoms with Gasteiger partial charge in [-0.1, -0.05) is 18.2 Å². The number of nitrogens with zero attached hydrogens (tertiary/aromatic N) is 1. The van der Waals surface area contributed by atoms with Crippen molar-refractivity contribution in [2.45, 2.75) is 38.1 Å². The van der Waals surface area contributed by atoms with E-state index in [-0.39, 0.29) is 0 Å². The molecule has 0 saturated carbocycles. The second kappa shape index (κ2) is 8.43. The summed E-state index contributed by atoms with van der Waals surface area (Å²) in [6.07, 6.45) is 5.62. The molecule has 5 nitrogen and oxygen atoms in total. The predicted octanol–water partition coefficient (Wildman–Crippen LogP) is 5.05. The summed E-state index contributed by atoms with van der Waals surface area (Å²) in [6, 6.07) is 13.6. The number of hydrogen-bond acceptors (Lipinski definition) is 6. The van der Waals surface area contributed by atoms with E-state index < -0.39 is 0 Å². The van der Waals surface area contributed by atoms with Crippen LogP contribution in [0.4, 0.5) is 0 Å². The number of nitrogens with one attached hydrogen (secondary N) is 1. The van der Waals surface area contributed by atoms with Crippen LogP contribution in [0, 0.1) is 5.92 Å². The van der Waals surface area contributed by atoms with Crippen LogP contribution in [-0.4, -0.2) is 31.2 Å². The first-order valence-corrected chi connectivity index (χ1v) is 12.3. The second-order valence-electron chi connectivity index (χ2n) is 8.90. The van der Waals surface area contributed by atoms with Gasteiger partial charge < -0.3 is 14.4 Å². The molecule has 0 amide bonds. The fraction of sp³-hybridized carbons (Fsp3) is 0.440. The quantitative estimate of drug-likeness (QED) is 0.606. The summed E-state index contributed by atoms with van der Waals surface area (Å²) in [7, 11) is 0. The van der Waals surface area contributed by atoms with Gasteiger partial charge in [-0.3, -0.25) is 4.90 Å². The predicted molar refractivity (Wildman–Crippen MR) is 123 cm³/mol. The lowest BCUT2D eigenvalue weighted by molar-refractivity contribution is 0.0259. The average Bonchev–Trinajstić information content (AvgIpc) is 3.44. The number of ether oxygens (including phenoxy) is 1. The summed E-state index contributed by atoms with van der Waals surface area (Å²) in [5.74, 6) is 2.34. The first-order chi connectivity index (χ1) is 15.3. The van der Waals surface area contributed by atoms with Crippen molar-refractivity contribution < 1.29 is 14.4 Å². The van der Waals surface area contributed by atoms with Crippen LogP contribution in [0.5, 0.6) is 11.5 Å². The van der Waals surface area contributed by atoms with E-state index in [1.807, 2.05) is 11.3 Å². The molecule has 1 unspecified atom stereocenters. The summed E-state index contributed by atoms with van der Waals surface area (Å²) in [5, 5.41) is 3.76. The average molecular weight is 437 g/mol. The summed E-state index contributed by atoms with van der Waals surface area (Å²) in [4.78, 5) is 13.6. The minimum Gasteiger partial charge on any atom is -0.381 e. The third-order valence-electron chi connectivity index (χ3n) is 7.06. The Hall–Kier alpha value is -2.12. The Morgan fingerprint density at radius 3 is 2.81 bits per heavy atom. The molecule has 1 aromatic heterocycles. The Morgan fingerprint density at radius 2 is 1.90 bits per heavy atom. The van der Waals surface area contributed by atoms with Gasteiger partial charge in [-0.2, -0.15) is 0 Å². The summed E-state index contributed by atoms with van der Waals surface area (Å²) < 4.78 is 6.99. The van der Waals surface area contributed by atoms with Crippen molar-refractivity contribution in [2.75, 3.05) is 26.3 Å². The summed E-state index contributed by atoms with van der Waals surface area (Å²) in [5.41, 5.74) is 6.83. The van der Waals surface area contributed by atoms with Gasteiger partial charge in [0.15, 0.2) is 11.5 Å². The van der Waals surface area contributed by atoms with Crippen LogP contribution in [-0.2, 0) is 17.6 Å². The smallest absolute Gasteiger partial charge is 0.196 e. The molecule has 0 aliphatic carbocycles. The fourth-order valence-electron chi connectivity index (χ4n) is 5.37. The topological polar surface area (TPSA) is 43.0 Å². The van der Waals surface area contributed by atoms with Crippen LogP contribution in [0.3, 0.4) is 0 Å². The van der Waals surface area contributed by atoms with Gasteiger partial charge in [-0.05, 0) is 83.7 Å². The molecule has 3 aliphatic heterocycles. The van der Waals surface area contributed by atoms with Crippen LogP contribution in [0.1, 0.15) is 42.0 Å². The Kier molecular flexibility index (Phi) is 5.32. The molecular formula is C25H28N2O3S. The molecule has 162 valence electrons. The van der Waals surface area contributed by atoms with Crippen LogP contribution in [0.15, 0.2) is 41.8 Å². The molecule has 2 aromatic carbocycles. The Labute approximate surface area is 186 Å². The van der Waals surface area contributed by atoms with Gasteiger partial charge in [0.05, 0.1) is 0 Å². The van der Waals surface area contributed by atoms with E-state index in [1.54, 1.807) is 0 Å². The van der Waals surface area contributed by atoms with E-state index in [0.717, 1.165) is 63.0 Å². The molecule has 4 heterocycles. The first kappa shape index (κ1) is 19.6. The second-order valence-corrected chi connectivity index (χ2v) is 9.81. The molecule has 6 heteroatoms. The van der Waals surface area contributed by atoms with Crippen molar-refractivity contribution >= 4 is 21.4 Å². The molecule has 6 rings (SSSR count). The highest BCUT2D eigenvalue weighted by atomic mass is 32.1. The van der Waals surface area contributed by atoms with Gasteiger partial charge in [-0.15, -0.1) is 11.3 Å². The van der Waals surface area contributed by atoms with Gasteiger partial charge >= 0.3 is 0 Å². The van der Waals surface area contributed by atoms with E-state index in [4.69, 9.17) is 14.4 Å². The van der Waals surface area contributed by atoms with Crippen molar-refractivity contribution in [3.8, 4) is 11.5 Å². The lowest BCUT2D eigenvalue weighted by Crippen LogP contribution is -2.40. The lowest BCUT2D eigenvalue weighted by Gasteiger charge is -2.40. The molecule has 1 N–H and O–H groups in total. The molecular weight excluding hydrogens is 408 g/mol. The van der Waals surface area contributed by atoms with Crippen LogP contribution >= 0.6 is 11.3 Å². The van der Waals surface area contributed by atoms with Crippen molar-refractivity contribution in [2.24, 2.45) is 5.92 Å². The van der Waals surface area contributed by atoms with Gasteiger partial charge in [0.2, 0.25) is 0 Å². The zero-order chi connectivity index (χ0) is 20.6. The van der Waals surface area contributed by atoms with E-state index in [0.29, 0.717) is 6.04 Å². The van der Waals surface area contributed by atoms with E-state index >= 15 is 0 Å². The van der Waals surface area contributed by atoms with Gasteiger partial charge in [0.25, 0.3) is 0 Å².